The van der Waals surface area contributed by atoms with E-state index >= 15 is 0 Å². The third-order valence-electron chi connectivity index (χ3n) is 2.53. The van der Waals surface area contributed by atoms with Gasteiger partial charge in [0, 0.05) is 19.3 Å². The van der Waals surface area contributed by atoms with E-state index in [0.29, 0.717) is 32.1 Å². The van der Waals surface area contributed by atoms with Crippen LogP contribution in [0, 0.1) is 0 Å². The Labute approximate surface area is 98.4 Å². The molecule has 0 N–H and O–H groups in total. The fraction of sp³-hybridized carbons (Fsp3) is 0.600. The molecule has 88 valence electrons. The van der Waals surface area contributed by atoms with Crippen molar-refractivity contribution in [2.24, 2.45) is 0 Å². The molecule has 0 radical (unpaired) electrons. The first kappa shape index (κ1) is 11.5. The number of rotatable bonds is 2. The van der Waals surface area contributed by atoms with Crippen molar-refractivity contribution < 1.29 is 14.3 Å². The highest BCUT2D eigenvalue weighted by atomic mass is 32.2. The lowest BCUT2D eigenvalue weighted by atomic mass is 10.3. The molecule has 0 bridgehead atoms. The molecule has 0 spiro atoms. The Hall–Kier alpha value is -1.01. The molecule has 0 aromatic heterocycles. The first-order valence-corrected chi connectivity index (χ1v) is 6.25. The molecule has 2 rings (SSSR count). The lowest BCUT2D eigenvalue weighted by Crippen LogP contribution is -2.46. The van der Waals surface area contributed by atoms with Gasteiger partial charge < -0.3 is 14.5 Å². The molecule has 16 heavy (non-hydrogen) atoms. The number of hydrogen-bond donors (Lipinski definition) is 0. The predicted octanol–water partition coefficient (Wildman–Crippen LogP) is -0.108. The lowest BCUT2D eigenvalue weighted by molar-refractivity contribution is -0.140. The van der Waals surface area contributed by atoms with Crippen LogP contribution in [-0.4, -0.2) is 60.2 Å². The Morgan fingerprint density at radius 1 is 1.44 bits per heavy atom. The summed E-state index contributed by atoms with van der Waals surface area (Å²) in [6.45, 7) is 2.57. The quantitative estimate of drug-likeness (QED) is 0.678. The van der Waals surface area contributed by atoms with Crippen LogP contribution in [0.25, 0.3) is 0 Å². The van der Waals surface area contributed by atoms with Gasteiger partial charge in [0.25, 0.3) is 0 Å². The second-order valence-corrected chi connectivity index (χ2v) is 4.51. The van der Waals surface area contributed by atoms with Gasteiger partial charge in [-0.3, -0.25) is 9.59 Å². The second-order valence-electron chi connectivity index (χ2n) is 3.61. The van der Waals surface area contributed by atoms with Crippen LogP contribution in [0.5, 0.6) is 0 Å². The maximum absolute atomic E-state index is 11.8. The Kier molecular flexibility index (Phi) is 3.84. The van der Waals surface area contributed by atoms with Crippen LogP contribution in [0.3, 0.4) is 0 Å². The number of carbonyl (C=O) groups excluding carboxylic acids is 2. The Morgan fingerprint density at radius 2 is 2.19 bits per heavy atom. The molecule has 6 heteroatoms. The van der Waals surface area contributed by atoms with Crippen LogP contribution >= 0.6 is 11.8 Å². The average molecular weight is 242 g/mol. The summed E-state index contributed by atoms with van der Waals surface area (Å²) in [7, 11) is 0. The van der Waals surface area contributed by atoms with Crippen molar-refractivity contribution in [3.05, 3.63) is 11.6 Å². The van der Waals surface area contributed by atoms with Crippen molar-refractivity contribution in [3.63, 3.8) is 0 Å². The molecule has 2 aliphatic heterocycles. The van der Waals surface area contributed by atoms with Gasteiger partial charge in [0.15, 0.2) is 0 Å². The van der Waals surface area contributed by atoms with Gasteiger partial charge in [0.1, 0.15) is 6.54 Å². The summed E-state index contributed by atoms with van der Waals surface area (Å²) in [6.07, 6.45) is 1.68. The zero-order valence-corrected chi connectivity index (χ0v) is 9.74. The molecule has 0 atom stereocenters. The Morgan fingerprint density at radius 3 is 2.88 bits per heavy atom. The van der Waals surface area contributed by atoms with Gasteiger partial charge in [-0.25, -0.2) is 0 Å². The van der Waals surface area contributed by atoms with E-state index in [-0.39, 0.29) is 18.4 Å². The molecule has 5 nitrogen and oxygen atoms in total. The first-order valence-electron chi connectivity index (χ1n) is 5.20. The summed E-state index contributed by atoms with van der Waals surface area (Å²) in [6, 6.07) is 0. The molecule has 1 fully saturated rings. The van der Waals surface area contributed by atoms with Crippen LogP contribution in [0.1, 0.15) is 0 Å². The highest BCUT2D eigenvalue weighted by molar-refractivity contribution is 8.02. The molecule has 0 aliphatic carbocycles. The van der Waals surface area contributed by atoms with E-state index in [2.05, 4.69) is 0 Å². The predicted molar refractivity (Wildman–Crippen MR) is 60.7 cm³/mol. The summed E-state index contributed by atoms with van der Waals surface area (Å²) < 4.78 is 5.17. The summed E-state index contributed by atoms with van der Waals surface area (Å²) >= 11 is 1.45. The molecule has 0 saturated carbocycles. The van der Waals surface area contributed by atoms with Crippen molar-refractivity contribution >= 4 is 23.6 Å². The van der Waals surface area contributed by atoms with E-state index in [1.54, 1.807) is 11.1 Å². The second kappa shape index (κ2) is 5.36. The fourth-order valence-electron chi connectivity index (χ4n) is 1.60. The van der Waals surface area contributed by atoms with E-state index in [1.165, 1.54) is 16.7 Å². The van der Waals surface area contributed by atoms with Crippen molar-refractivity contribution in [2.45, 2.75) is 0 Å². The van der Waals surface area contributed by atoms with Gasteiger partial charge in [0.2, 0.25) is 11.8 Å². The van der Waals surface area contributed by atoms with Crippen LogP contribution in [0.2, 0.25) is 0 Å². The number of thioether (sulfide) groups is 1. The molecule has 2 amide bonds. The minimum absolute atomic E-state index is 0.00545. The van der Waals surface area contributed by atoms with Crippen LogP contribution in [0.15, 0.2) is 11.6 Å². The van der Waals surface area contributed by atoms with Crippen molar-refractivity contribution in [1.29, 1.82) is 0 Å². The Balaban J connectivity index is 1.88. The average Bonchev–Trinajstić information content (AvgIpc) is 2.33. The normalized spacial score (nSPS) is 21.4. The minimum atomic E-state index is -0.00630. The smallest absolute Gasteiger partial charge is 0.242 e. The van der Waals surface area contributed by atoms with Gasteiger partial charge >= 0.3 is 0 Å². The maximum atomic E-state index is 11.8. The van der Waals surface area contributed by atoms with Crippen LogP contribution in [-0.2, 0) is 14.3 Å². The third-order valence-corrected chi connectivity index (χ3v) is 3.26. The van der Waals surface area contributed by atoms with Gasteiger partial charge in [-0.05, 0) is 5.41 Å². The summed E-state index contributed by atoms with van der Waals surface area (Å²) in [5, 5.41) is 1.84. The Bertz CT molecular complexity index is 313. The standard InChI is InChI=1S/C10H14N2O3S/c13-9(11-1-4-15-5-2-11)7-12-3-6-16-8-10(12)14/h3,6H,1-2,4-5,7-8H2. The molecule has 0 aromatic rings. The highest BCUT2D eigenvalue weighted by Gasteiger charge is 2.22. The van der Waals surface area contributed by atoms with E-state index in [4.69, 9.17) is 4.74 Å². The third kappa shape index (κ3) is 2.76. The number of nitrogens with zero attached hydrogens (tertiary/aromatic N) is 2. The fourth-order valence-corrected chi connectivity index (χ4v) is 2.24. The topological polar surface area (TPSA) is 49.9 Å². The van der Waals surface area contributed by atoms with Gasteiger partial charge in [0.05, 0.1) is 19.0 Å². The minimum Gasteiger partial charge on any atom is -0.378 e. The number of ether oxygens (including phenoxy) is 1. The first-order chi connectivity index (χ1) is 7.77. The molecule has 0 aromatic carbocycles. The van der Waals surface area contributed by atoms with Crippen molar-refractivity contribution in [1.82, 2.24) is 9.80 Å². The molecule has 2 heterocycles. The SMILES string of the molecule is O=C1CSC=CN1CC(=O)N1CCOCC1. The van der Waals surface area contributed by atoms with E-state index < -0.39 is 0 Å². The molecular weight excluding hydrogens is 228 g/mol. The summed E-state index contributed by atoms with van der Waals surface area (Å²) in [5.74, 6) is 0.412. The number of amides is 2. The zero-order chi connectivity index (χ0) is 11.4. The van der Waals surface area contributed by atoms with Crippen molar-refractivity contribution in [3.8, 4) is 0 Å². The maximum Gasteiger partial charge on any atom is 0.242 e. The molecule has 2 aliphatic rings. The summed E-state index contributed by atoms with van der Waals surface area (Å²) in [5.41, 5.74) is 0. The van der Waals surface area contributed by atoms with Crippen molar-refractivity contribution in [2.75, 3.05) is 38.6 Å². The van der Waals surface area contributed by atoms with E-state index in [1.807, 2.05) is 5.41 Å². The van der Waals surface area contributed by atoms with E-state index in [9.17, 15) is 9.59 Å². The van der Waals surface area contributed by atoms with E-state index in [0.717, 1.165) is 0 Å². The number of hydrogen-bond acceptors (Lipinski definition) is 4. The zero-order valence-electron chi connectivity index (χ0n) is 8.92. The van der Waals surface area contributed by atoms with Gasteiger partial charge in [-0.15, -0.1) is 11.8 Å². The molecular formula is C10H14N2O3S. The largest absolute Gasteiger partial charge is 0.378 e. The highest BCUT2D eigenvalue weighted by Crippen LogP contribution is 2.12. The number of morpholine rings is 1. The monoisotopic (exact) mass is 242 g/mol. The lowest BCUT2D eigenvalue weighted by Gasteiger charge is -2.29. The van der Waals surface area contributed by atoms with Crippen LogP contribution in [0.4, 0.5) is 0 Å². The van der Waals surface area contributed by atoms with Gasteiger partial charge in [-0.1, -0.05) is 0 Å². The van der Waals surface area contributed by atoms with Gasteiger partial charge in [-0.2, -0.15) is 0 Å². The number of carbonyl (C=O) groups is 2. The molecule has 0 unspecified atom stereocenters. The van der Waals surface area contributed by atoms with Crippen LogP contribution < -0.4 is 0 Å². The summed E-state index contributed by atoms with van der Waals surface area (Å²) in [4.78, 5) is 26.5. The molecule has 1 saturated heterocycles.